The van der Waals surface area contributed by atoms with Gasteiger partial charge in [-0.15, -0.1) is 0 Å². The second-order valence-corrected chi connectivity index (χ2v) is 9.43. The van der Waals surface area contributed by atoms with Gasteiger partial charge in [0.15, 0.2) is 0 Å². The van der Waals surface area contributed by atoms with Crippen LogP contribution in [0.5, 0.6) is 0 Å². The van der Waals surface area contributed by atoms with Crippen LogP contribution < -0.4 is 5.32 Å². The van der Waals surface area contributed by atoms with Gasteiger partial charge in [-0.05, 0) is 48.4 Å². The van der Waals surface area contributed by atoms with E-state index in [1.807, 2.05) is 0 Å². The largest absolute Gasteiger partial charge is 0.385 e. The molecule has 0 unspecified atom stereocenters. The zero-order valence-electron chi connectivity index (χ0n) is 20.0. The fraction of sp³-hybridized carbons (Fsp3) is 0.464. The smallest absolute Gasteiger partial charge is 0.253 e. The van der Waals surface area contributed by atoms with E-state index in [9.17, 15) is 4.79 Å². The molecular weight excluding hydrogens is 426 g/mol. The Hall–Kier alpha value is -2.67. The second kappa shape index (κ2) is 10.7. The van der Waals surface area contributed by atoms with Crippen LogP contribution >= 0.6 is 0 Å². The summed E-state index contributed by atoms with van der Waals surface area (Å²) < 4.78 is 13.5. The molecule has 2 heterocycles. The van der Waals surface area contributed by atoms with Crippen molar-refractivity contribution in [1.82, 2.24) is 14.8 Å². The van der Waals surface area contributed by atoms with Crippen LogP contribution in [-0.2, 0) is 33.8 Å². The lowest BCUT2D eigenvalue weighted by atomic mass is 9.99. The van der Waals surface area contributed by atoms with Crippen LogP contribution in [-0.4, -0.2) is 60.9 Å². The molecule has 2 aliphatic rings. The van der Waals surface area contributed by atoms with Crippen LogP contribution in [0.1, 0.15) is 36.0 Å². The summed E-state index contributed by atoms with van der Waals surface area (Å²) in [6.45, 7) is 4.26. The van der Waals surface area contributed by atoms with Gasteiger partial charge in [-0.2, -0.15) is 0 Å². The van der Waals surface area contributed by atoms with Crippen molar-refractivity contribution in [2.45, 2.75) is 50.9 Å². The van der Waals surface area contributed by atoms with Gasteiger partial charge in [-0.1, -0.05) is 42.5 Å². The molecule has 5 rings (SSSR count). The van der Waals surface area contributed by atoms with Gasteiger partial charge in [-0.25, -0.2) is 0 Å². The van der Waals surface area contributed by atoms with Gasteiger partial charge in [0, 0.05) is 63.0 Å². The quantitative estimate of drug-likeness (QED) is 0.467. The molecule has 2 fully saturated rings. The Morgan fingerprint density at radius 1 is 1.15 bits per heavy atom. The number of benzene rings is 2. The third-order valence-electron chi connectivity index (χ3n) is 6.87. The molecule has 1 saturated carbocycles. The first-order chi connectivity index (χ1) is 16.7. The number of morpholine rings is 1. The summed E-state index contributed by atoms with van der Waals surface area (Å²) >= 11 is 0. The number of hydrogen-bond acceptors (Lipinski definition) is 4. The number of nitrogens with one attached hydrogen (secondary N) is 1. The fourth-order valence-electron chi connectivity index (χ4n) is 5.03. The number of ether oxygens (including phenoxy) is 2. The van der Waals surface area contributed by atoms with Crippen molar-refractivity contribution in [2.75, 3.05) is 33.4 Å². The Morgan fingerprint density at radius 2 is 2.00 bits per heavy atom. The summed E-state index contributed by atoms with van der Waals surface area (Å²) in [5, 5.41) is 4.59. The van der Waals surface area contributed by atoms with E-state index in [2.05, 4.69) is 69.5 Å². The molecule has 1 amide bonds. The van der Waals surface area contributed by atoms with E-state index in [1.54, 1.807) is 7.11 Å². The summed E-state index contributed by atoms with van der Waals surface area (Å²) in [7, 11) is 1.75. The first-order valence-corrected chi connectivity index (χ1v) is 12.5. The molecule has 1 N–H and O–H groups in total. The molecule has 1 saturated heterocycles. The van der Waals surface area contributed by atoms with E-state index in [4.69, 9.17) is 9.47 Å². The van der Waals surface area contributed by atoms with Crippen molar-refractivity contribution in [1.29, 1.82) is 0 Å². The Balaban J connectivity index is 1.49. The van der Waals surface area contributed by atoms with Crippen LogP contribution in [0.2, 0.25) is 0 Å². The number of rotatable bonds is 10. The Kier molecular flexibility index (Phi) is 7.28. The molecule has 3 aromatic rings. The highest BCUT2D eigenvalue weighted by molar-refractivity contribution is 5.89. The first-order valence-electron chi connectivity index (χ1n) is 12.5. The number of aryl methyl sites for hydroxylation is 1. The molecule has 1 aromatic heterocycles. The normalized spacial score (nSPS) is 18.3. The zero-order chi connectivity index (χ0) is 23.3. The van der Waals surface area contributed by atoms with Gasteiger partial charge < -0.3 is 24.3 Å². The van der Waals surface area contributed by atoms with E-state index >= 15 is 0 Å². The van der Waals surface area contributed by atoms with Crippen molar-refractivity contribution in [3.63, 3.8) is 0 Å². The third-order valence-corrected chi connectivity index (χ3v) is 6.87. The molecule has 0 bridgehead atoms. The van der Waals surface area contributed by atoms with Gasteiger partial charge in [0.2, 0.25) is 0 Å². The van der Waals surface area contributed by atoms with Crippen LogP contribution in [0, 0.1) is 0 Å². The summed E-state index contributed by atoms with van der Waals surface area (Å²) in [6, 6.07) is 17.5. The summed E-state index contributed by atoms with van der Waals surface area (Å²) in [4.78, 5) is 15.5. The van der Waals surface area contributed by atoms with E-state index in [-0.39, 0.29) is 12.0 Å². The van der Waals surface area contributed by atoms with Crippen molar-refractivity contribution < 1.29 is 14.3 Å². The minimum Gasteiger partial charge on any atom is -0.385 e. The molecule has 6 nitrogen and oxygen atoms in total. The summed E-state index contributed by atoms with van der Waals surface area (Å²) in [5.41, 5.74) is 5.06. The van der Waals surface area contributed by atoms with Gasteiger partial charge in [0.25, 0.3) is 5.91 Å². The Morgan fingerprint density at radius 3 is 2.74 bits per heavy atom. The van der Waals surface area contributed by atoms with E-state index in [0.29, 0.717) is 25.7 Å². The number of hydrogen-bond donors (Lipinski definition) is 1. The number of fused-ring (bicyclic) bond motifs is 1. The standard InChI is InChI=1S/C28H35N3O3/c1-33-15-6-14-30-19-23(20-31(24-11-12-24)28(32)26-18-29-13-16-34-26)27-22(9-5-10-25(27)30)17-21-7-3-2-4-8-21/h2-5,7-10,19,24,26,29H,6,11-18,20H2,1H3/t26-/m1/s1. The fourth-order valence-corrected chi connectivity index (χ4v) is 5.03. The van der Waals surface area contributed by atoms with E-state index in [0.717, 1.165) is 45.4 Å². The molecule has 1 aliphatic heterocycles. The average molecular weight is 462 g/mol. The molecule has 0 spiro atoms. The Labute approximate surface area is 201 Å². The molecule has 0 radical (unpaired) electrons. The second-order valence-electron chi connectivity index (χ2n) is 9.43. The molecule has 34 heavy (non-hydrogen) atoms. The molecule has 1 aliphatic carbocycles. The van der Waals surface area contributed by atoms with Gasteiger partial charge >= 0.3 is 0 Å². The molecule has 180 valence electrons. The maximum atomic E-state index is 13.5. The maximum Gasteiger partial charge on any atom is 0.253 e. The van der Waals surface area contributed by atoms with Crippen molar-refractivity contribution in [2.24, 2.45) is 0 Å². The van der Waals surface area contributed by atoms with Crippen molar-refractivity contribution in [3.8, 4) is 0 Å². The minimum atomic E-state index is -0.381. The lowest BCUT2D eigenvalue weighted by Crippen LogP contribution is -2.49. The molecule has 2 aromatic carbocycles. The predicted molar refractivity (Wildman–Crippen MR) is 134 cm³/mol. The molecular formula is C28H35N3O3. The number of carbonyl (C=O) groups excluding carboxylic acids is 1. The number of aromatic nitrogens is 1. The van der Waals surface area contributed by atoms with Crippen LogP contribution in [0.3, 0.4) is 0 Å². The molecule has 1 atom stereocenters. The lowest BCUT2D eigenvalue weighted by molar-refractivity contribution is -0.146. The van der Waals surface area contributed by atoms with E-state index < -0.39 is 0 Å². The van der Waals surface area contributed by atoms with Crippen LogP contribution in [0.25, 0.3) is 10.9 Å². The van der Waals surface area contributed by atoms with E-state index in [1.165, 1.54) is 27.6 Å². The number of carbonyl (C=O) groups is 1. The Bertz CT molecular complexity index is 1100. The highest BCUT2D eigenvalue weighted by atomic mass is 16.5. The zero-order valence-corrected chi connectivity index (χ0v) is 20.0. The topological polar surface area (TPSA) is 55.7 Å². The predicted octanol–water partition coefficient (Wildman–Crippen LogP) is 3.75. The maximum absolute atomic E-state index is 13.5. The molecule has 6 heteroatoms. The van der Waals surface area contributed by atoms with Crippen molar-refractivity contribution >= 4 is 16.8 Å². The average Bonchev–Trinajstić information content (AvgIpc) is 3.66. The highest BCUT2D eigenvalue weighted by Crippen LogP contribution is 2.33. The van der Waals surface area contributed by atoms with Gasteiger partial charge in [0.1, 0.15) is 6.10 Å². The highest BCUT2D eigenvalue weighted by Gasteiger charge is 2.37. The SMILES string of the molecule is COCCCn1cc(CN(C(=O)[C@H]2CNCCO2)C2CC2)c2c(Cc3ccccc3)cccc21. The minimum absolute atomic E-state index is 0.121. The summed E-state index contributed by atoms with van der Waals surface area (Å²) in [6.07, 6.45) is 5.87. The summed E-state index contributed by atoms with van der Waals surface area (Å²) in [5.74, 6) is 0.121. The monoisotopic (exact) mass is 461 g/mol. The van der Waals surface area contributed by atoms with Crippen LogP contribution in [0.4, 0.5) is 0 Å². The van der Waals surface area contributed by atoms with Gasteiger partial charge in [-0.3, -0.25) is 4.79 Å². The number of nitrogens with zero attached hydrogens (tertiary/aromatic N) is 2. The first kappa shape index (κ1) is 23.1. The van der Waals surface area contributed by atoms with Crippen molar-refractivity contribution in [3.05, 3.63) is 71.4 Å². The van der Waals surface area contributed by atoms with Gasteiger partial charge in [0.05, 0.1) is 6.61 Å². The number of amides is 1. The number of methoxy groups -OCH3 is 1. The third kappa shape index (κ3) is 5.19. The van der Waals surface area contributed by atoms with Crippen LogP contribution in [0.15, 0.2) is 54.7 Å². The lowest BCUT2D eigenvalue weighted by Gasteiger charge is -2.30.